The Bertz CT molecular complexity index is 351. The van der Waals surface area contributed by atoms with Crippen LogP contribution in [0.5, 0.6) is 0 Å². The molecular formula is C9H6BrCl2F. The van der Waals surface area contributed by atoms with Crippen LogP contribution in [0.2, 0.25) is 0 Å². The smallest absolute Gasteiger partial charge is 0.137 e. The van der Waals surface area contributed by atoms with E-state index in [1.54, 1.807) is 12.1 Å². The summed E-state index contributed by atoms with van der Waals surface area (Å²) in [4.78, 5) is 0. The summed E-state index contributed by atoms with van der Waals surface area (Å²) in [7, 11) is 0. The van der Waals surface area contributed by atoms with E-state index >= 15 is 0 Å². The van der Waals surface area contributed by atoms with E-state index in [1.165, 1.54) is 6.07 Å². The maximum absolute atomic E-state index is 12.9. The first-order valence-electron chi connectivity index (χ1n) is 3.83. The molecule has 0 aromatic heterocycles. The summed E-state index contributed by atoms with van der Waals surface area (Å²) in [6.07, 6.45) is 0.744. The average molecular weight is 284 g/mol. The zero-order chi connectivity index (χ0) is 9.64. The molecule has 1 saturated carbocycles. The summed E-state index contributed by atoms with van der Waals surface area (Å²) in [5.41, 5.74) is 0.985. The molecule has 1 atom stereocenters. The van der Waals surface area contributed by atoms with E-state index in [9.17, 15) is 4.39 Å². The van der Waals surface area contributed by atoms with E-state index in [2.05, 4.69) is 15.9 Å². The molecule has 0 bridgehead atoms. The predicted octanol–water partition coefficient (Wildman–Crippen LogP) is 4.25. The number of alkyl halides is 2. The van der Waals surface area contributed by atoms with Gasteiger partial charge in [-0.25, -0.2) is 4.39 Å². The van der Waals surface area contributed by atoms with Gasteiger partial charge in [0.1, 0.15) is 10.2 Å². The van der Waals surface area contributed by atoms with Crippen molar-refractivity contribution in [2.75, 3.05) is 0 Å². The van der Waals surface area contributed by atoms with Gasteiger partial charge in [0, 0.05) is 5.92 Å². The van der Waals surface area contributed by atoms with Crippen LogP contribution in [-0.4, -0.2) is 4.33 Å². The zero-order valence-electron chi connectivity index (χ0n) is 6.53. The molecule has 1 unspecified atom stereocenters. The molecule has 0 heterocycles. The first kappa shape index (κ1) is 9.75. The Morgan fingerprint density at radius 2 is 2.08 bits per heavy atom. The minimum absolute atomic E-state index is 0.146. The topological polar surface area (TPSA) is 0 Å². The molecule has 1 aromatic carbocycles. The number of benzene rings is 1. The first-order chi connectivity index (χ1) is 6.00. The van der Waals surface area contributed by atoms with Crippen LogP contribution in [0.25, 0.3) is 0 Å². The fourth-order valence-corrected chi connectivity index (χ4v) is 2.26. The van der Waals surface area contributed by atoms with Gasteiger partial charge in [0.2, 0.25) is 0 Å². The summed E-state index contributed by atoms with van der Waals surface area (Å²) in [6, 6.07) is 4.87. The van der Waals surface area contributed by atoms with Crippen LogP contribution in [0.15, 0.2) is 22.7 Å². The molecule has 1 aliphatic carbocycles. The van der Waals surface area contributed by atoms with Crippen LogP contribution >= 0.6 is 39.1 Å². The summed E-state index contributed by atoms with van der Waals surface area (Å²) in [6.45, 7) is 0. The number of halogens is 4. The van der Waals surface area contributed by atoms with Crippen molar-refractivity contribution in [2.24, 2.45) is 0 Å². The van der Waals surface area contributed by atoms with E-state index in [-0.39, 0.29) is 11.7 Å². The molecule has 70 valence electrons. The third-order valence-corrected chi connectivity index (χ3v) is 3.62. The van der Waals surface area contributed by atoms with Crippen molar-refractivity contribution in [3.63, 3.8) is 0 Å². The van der Waals surface area contributed by atoms with E-state index in [1.807, 2.05) is 0 Å². The molecule has 1 aromatic rings. The molecule has 0 aliphatic heterocycles. The maximum atomic E-state index is 12.9. The molecule has 1 aliphatic rings. The van der Waals surface area contributed by atoms with E-state index in [4.69, 9.17) is 23.2 Å². The molecule has 13 heavy (non-hydrogen) atoms. The molecule has 0 amide bonds. The van der Waals surface area contributed by atoms with Gasteiger partial charge in [-0.05, 0) is 40.0 Å². The second-order valence-electron chi connectivity index (χ2n) is 3.19. The SMILES string of the molecule is Fc1ccc(C2CC2(Cl)Cl)cc1Br. The lowest BCUT2D eigenvalue weighted by Crippen LogP contribution is -1.90. The van der Waals surface area contributed by atoms with Crippen LogP contribution in [0.1, 0.15) is 17.9 Å². The van der Waals surface area contributed by atoms with Crippen molar-refractivity contribution >= 4 is 39.1 Å². The lowest BCUT2D eigenvalue weighted by Gasteiger charge is -2.01. The number of hydrogen-bond donors (Lipinski definition) is 0. The lowest BCUT2D eigenvalue weighted by atomic mass is 10.1. The number of rotatable bonds is 1. The fourth-order valence-electron chi connectivity index (χ4n) is 1.30. The van der Waals surface area contributed by atoms with Crippen molar-refractivity contribution < 1.29 is 4.39 Å². The third kappa shape index (κ3) is 1.85. The van der Waals surface area contributed by atoms with Gasteiger partial charge in [-0.2, -0.15) is 0 Å². The van der Waals surface area contributed by atoms with Gasteiger partial charge in [0.15, 0.2) is 0 Å². The van der Waals surface area contributed by atoms with Crippen molar-refractivity contribution in [3.8, 4) is 0 Å². The summed E-state index contributed by atoms with van der Waals surface area (Å²) >= 11 is 14.9. The van der Waals surface area contributed by atoms with Gasteiger partial charge < -0.3 is 0 Å². The predicted molar refractivity (Wildman–Crippen MR) is 55.9 cm³/mol. The monoisotopic (exact) mass is 282 g/mol. The first-order valence-corrected chi connectivity index (χ1v) is 5.38. The summed E-state index contributed by atoms with van der Waals surface area (Å²) in [5.74, 6) is -0.119. The Kier molecular flexibility index (Phi) is 2.33. The molecule has 0 spiro atoms. The van der Waals surface area contributed by atoms with E-state index in [0.717, 1.165) is 12.0 Å². The normalized spacial score (nSPS) is 24.5. The molecule has 0 saturated heterocycles. The third-order valence-electron chi connectivity index (χ3n) is 2.17. The molecular weight excluding hydrogens is 278 g/mol. The van der Waals surface area contributed by atoms with Crippen molar-refractivity contribution in [2.45, 2.75) is 16.7 Å². The van der Waals surface area contributed by atoms with Gasteiger partial charge in [0.25, 0.3) is 0 Å². The molecule has 0 radical (unpaired) electrons. The van der Waals surface area contributed by atoms with Crippen LogP contribution in [-0.2, 0) is 0 Å². The van der Waals surface area contributed by atoms with E-state index in [0.29, 0.717) is 4.47 Å². The highest BCUT2D eigenvalue weighted by atomic mass is 79.9. The standard InChI is InChI=1S/C9H6BrCl2F/c10-7-3-5(1-2-8(7)13)6-4-9(6,11)12/h1-3,6H,4H2. The van der Waals surface area contributed by atoms with Gasteiger partial charge in [-0.3, -0.25) is 0 Å². The molecule has 2 rings (SSSR count). The maximum Gasteiger partial charge on any atom is 0.137 e. The average Bonchev–Trinajstić information content (AvgIpc) is 2.66. The Hall–Kier alpha value is 0.210. The van der Waals surface area contributed by atoms with Gasteiger partial charge in [0.05, 0.1) is 4.47 Å². The molecule has 1 fully saturated rings. The van der Waals surface area contributed by atoms with Crippen LogP contribution < -0.4 is 0 Å². The lowest BCUT2D eigenvalue weighted by molar-refractivity contribution is 0.620. The van der Waals surface area contributed by atoms with E-state index < -0.39 is 4.33 Å². The minimum Gasteiger partial charge on any atom is -0.206 e. The molecule has 0 N–H and O–H groups in total. The summed E-state index contributed by atoms with van der Waals surface area (Å²) in [5, 5.41) is 0. The molecule has 4 heteroatoms. The second-order valence-corrected chi connectivity index (χ2v) is 5.59. The Balaban J connectivity index is 2.29. The largest absolute Gasteiger partial charge is 0.206 e. The van der Waals surface area contributed by atoms with Crippen molar-refractivity contribution in [1.29, 1.82) is 0 Å². The Morgan fingerprint density at radius 1 is 1.46 bits per heavy atom. The van der Waals surface area contributed by atoms with Gasteiger partial charge in [-0.1, -0.05) is 6.07 Å². The van der Waals surface area contributed by atoms with Gasteiger partial charge in [-0.15, -0.1) is 23.2 Å². The minimum atomic E-state index is -0.642. The second kappa shape index (κ2) is 3.11. The Morgan fingerprint density at radius 3 is 2.54 bits per heavy atom. The highest BCUT2D eigenvalue weighted by molar-refractivity contribution is 9.10. The zero-order valence-corrected chi connectivity index (χ0v) is 9.63. The highest BCUT2D eigenvalue weighted by Gasteiger charge is 2.52. The Labute approximate surface area is 94.2 Å². The quantitative estimate of drug-likeness (QED) is 0.676. The van der Waals surface area contributed by atoms with Crippen molar-refractivity contribution in [3.05, 3.63) is 34.1 Å². The summed E-state index contributed by atoms with van der Waals surface area (Å²) < 4.78 is 12.7. The van der Waals surface area contributed by atoms with Crippen LogP contribution in [0, 0.1) is 5.82 Å². The fraction of sp³-hybridized carbons (Fsp3) is 0.333. The molecule has 0 nitrogen and oxygen atoms in total. The highest BCUT2D eigenvalue weighted by Crippen LogP contribution is 2.59. The number of hydrogen-bond acceptors (Lipinski definition) is 0. The van der Waals surface area contributed by atoms with Crippen molar-refractivity contribution in [1.82, 2.24) is 0 Å². The van der Waals surface area contributed by atoms with Gasteiger partial charge >= 0.3 is 0 Å². The van der Waals surface area contributed by atoms with Crippen LogP contribution in [0.4, 0.5) is 4.39 Å². The van der Waals surface area contributed by atoms with Crippen LogP contribution in [0.3, 0.4) is 0 Å².